The van der Waals surface area contributed by atoms with E-state index in [0.29, 0.717) is 12.3 Å². The number of halogens is 1. The van der Waals surface area contributed by atoms with Crippen LogP contribution in [0.5, 0.6) is 0 Å². The van der Waals surface area contributed by atoms with Crippen molar-refractivity contribution in [1.82, 2.24) is 0 Å². The number of hydrogen-bond donors (Lipinski definition) is 1. The minimum atomic E-state index is -0.609. The third kappa shape index (κ3) is 8.10. The first kappa shape index (κ1) is 21.4. The molecule has 1 aromatic carbocycles. The molecule has 0 aromatic heterocycles. The zero-order chi connectivity index (χ0) is 19.6. The van der Waals surface area contributed by atoms with Crippen LogP contribution in [0.2, 0.25) is 0 Å². The molecule has 1 aliphatic heterocycles. The van der Waals surface area contributed by atoms with E-state index in [9.17, 15) is 14.0 Å². The van der Waals surface area contributed by atoms with Crippen LogP contribution < -0.4 is 0 Å². The van der Waals surface area contributed by atoms with Crippen LogP contribution in [0.25, 0.3) is 0 Å². The summed E-state index contributed by atoms with van der Waals surface area (Å²) in [5, 5.41) is 8.41. The molecule has 2 unspecified atom stereocenters. The Morgan fingerprint density at radius 1 is 1.11 bits per heavy atom. The van der Waals surface area contributed by atoms with Gasteiger partial charge in [-0.3, -0.25) is 9.59 Å². The monoisotopic (exact) mass is 378 g/mol. The number of carboxylic acid groups (broad SMARTS) is 1. The molecule has 1 N–H and O–H groups in total. The van der Waals surface area contributed by atoms with Crippen molar-refractivity contribution >= 4 is 11.9 Å². The molecule has 0 spiro atoms. The second-order valence-electron chi connectivity index (χ2n) is 7.80. The zero-order valence-corrected chi connectivity index (χ0v) is 16.2. The topological polar surface area (TPSA) is 63.6 Å². The molecule has 2 aliphatic rings. The van der Waals surface area contributed by atoms with E-state index in [1.807, 2.05) is 19.1 Å². The molecule has 1 aliphatic carbocycles. The van der Waals surface area contributed by atoms with Gasteiger partial charge in [0.2, 0.25) is 0 Å². The Balaban J connectivity index is 0.000000273. The lowest BCUT2D eigenvalue weighted by atomic mass is 9.89. The summed E-state index contributed by atoms with van der Waals surface area (Å²) in [4.78, 5) is 21.6. The van der Waals surface area contributed by atoms with Crippen LogP contribution in [0.3, 0.4) is 0 Å². The van der Waals surface area contributed by atoms with Gasteiger partial charge in [0.15, 0.2) is 0 Å². The van der Waals surface area contributed by atoms with E-state index in [-0.39, 0.29) is 23.8 Å². The van der Waals surface area contributed by atoms with Gasteiger partial charge in [-0.25, -0.2) is 4.39 Å². The first-order chi connectivity index (χ1) is 12.9. The highest BCUT2D eigenvalue weighted by Crippen LogP contribution is 2.25. The predicted octanol–water partition coefficient (Wildman–Crippen LogP) is 5.14. The Bertz CT molecular complexity index is 593. The molecular formula is C22H31FO4. The smallest absolute Gasteiger partial charge is 0.306 e. The lowest BCUT2D eigenvalue weighted by Gasteiger charge is -2.19. The number of aliphatic carboxylic acids is 1. The maximum absolute atomic E-state index is 12.9. The van der Waals surface area contributed by atoms with Gasteiger partial charge < -0.3 is 9.84 Å². The van der Waals surface area contributed by atoms with E-state index in [2.05, 4.69) is 0 Å². The Hall–Kier alpha value is -1.91. The quantitative estimate of drug-likeness (QED) is 0.740. The van der Waals surface area contributed by atoms with E-state index in [1.165, 1.54) is 12.1 Å². The van der Waals surface area contributed by atoms with Crippen LogP contribution in [-0.2, 0) is 20.7 Å². The number of carbonyl (C=O) groups is 2. The molecule has 0 radical (unpaired) electrons. The van der Waals surface area contributed by atoms with Crippen molar-refractivity contribution in [1.29, 1.82) is 0 Å². The highest BCUT2D eigenvalue weighted by Gasteiger charge is 2.21. The van der Waals surface area contributed by atoms with Crippen LogP contribution >= 0.6 is 0 Å². The van der Waals surface area contributed by atoms with Crippen LogP contribution in [0.4, 0.5) is 4.39 Å². The van der Waals surface area contributed by atoms with Gasteiger partial charge >= 0.3 is 11.9 Å². The summed E-state index contributed by atoms with van der Waals surface area (Å²) in [7, 11) is 0. The summed E-state index contributed by atoms with van der Waals surface area (Å²) in [6.07, 6.45) is 9.44. The summed E-state index contributed by atoms with van der Waals surface area (Å²) >= 11 is 0. The van der Waals surface area contributed by atoms with Gasteiger partial charge in [-0.2, -0.15) is 0 Å². The Morgan fingerprint density at radius 3 is 2.33 bits per heavy atom. The summed E-state index contributed by atoms with van der Waals surface area (Å²) in [5.74, 6) is -0.390. The fourth-order valence-corrected chi connectivity index (χ4v) is 3.93. The van der Waals surface area contributed by atoms with Crippen molar-refractivity contribution in [3.8, 4) is 0 Å². The third-order valence-electron chi connectivity index (χ3n) is 5.38. The molecule has 1 aromatic rings. The van der Waals surface area contributed by atoms with Gasteiger partial charge in [0.05, 0.1) is 12.0 Å². The zero-order valence-electron chi connectivity index (χ0n) is 16.2. The second-order valence-corrected chi connectivity index (χ2v) is 7.80. The highest BCUT2D eigenvalue weighted by atomic mass is 19.1. The molecule has 0 bridgehead atoms. The molecule has 1 saturated heterocycles. The second kappa shape index (κ2) is 11.1. The Kier molecular flexibility index (Phi) is 8.76. The number of esters is 1. The molecule has 0 amide bonds. The Morgan fingerprint density at radius 2 is 1.74 bits per heavy atom. The number of cyclic esters (lactones) is 1. The third-order valence-corrected chi connectivity index (χ3v) is 5.38. The fraction of sp³-hybridized carbons (Fsp3) is 0.636. The maximum Gasteiger partial charge on any atom is 0.306 e. The maximum atomic E-state index is 12.9. The first-order valence-corrected chi connectivity index (χ1v) is 10.1. The highest BCUT2D eigenvalue weighted by molar-refractivity contribution is 5.70. The van der Waals surface area contributed by atoms with Gasteiger partial charge in [0.1, 0.15) is 5.82 Å². The molecule has 3 rings (SSSR count). The minimum absolute atomic E-state index is 0.0175. The van der Waals surface area contributed by atoms with Gasteiger partial charge in [0, 0.05) is 6.42 Å². The lowest BCUT2D eigenvalue weighted by molar-refractivity contribution is -0.148. The molecule has 2 atom stereocenters. The number of carboxylic acids is 1. The van der Waals surface area contributed by atoms with Crippen molar-refractivity contribution < 1.29 is 23.8 Å². The summed E-state index contributed by atoms with van der Waals surface area (Å²) in [6.45, 7) is 1.96. The lowest BCUT2D eigenvalue weighted by Crippen LogP contribution is -2.18. The summed E-state index contributed by atoms with van der Waals surface area (Å²) in [6, 6.07) is 6.71. The minimum Gasteiger partial charge on any atom is -0.481 e. The summed E-state index contributed by atoms with van der Waals surface area (Å²) in [5.41, 5.74) is 1.16. The van der Waals surface area contributed by atoms with Gasteiger partial charge in [-0.05, 0) is 69.1 Å². The van der Waals surface area contributed by atoms with Crippen molar-refractivity contribution in [2.45, 2.75) is 77.2 Å². The van der Waals surface area contributed by atoms with Crippen LogP contribution in [0, 0.1) is 17.7 Å². The van der Waals surface area contributed by atoms with Gasteiger partial charge in [-0.1, -0.05) is 31.4 Å². The molecule has 5 heteroatoms. The molecule has 2 fully saturated rings. The van der Waals surface area contributed by atoms with E-state index in [0.717, 1.165) is 63.4 Å². The number of hydrogen-bond acceptors (Lipinski definition) is 3. The molecule has 4 nitrogen and oxygen atoms in total. The predicted molar refractivity (Wildman–Crippen MR) is 102 cm³/mol. The first-order valence-electron chi connectivity index (χ1n) is 10.1. The molecular weight excluding hydrogens is 347 g/mol. The number of benzene rings is 1. The SMILES string of the molecule is CC1CC(Cc2ccc(F)cc2)CCCCC(=O)O1.O=C(O)C1CCCC1. The van der Waals surface area contributed by atoms with Crippen LogP contribution in [0.15, 0.2) is 24.3 Å². The molecule has 1 saturated carbocycles. The van der Waals surface area contributed by atoms with Gasteiger partial charge in [-0.15, -0.1) is 0 Å². The largest absolute Gasteiger partial charge is 0.481 e. The molecule has 150 valence electrons. The van der Waals surface area contributed by atoms with E-state index in [4.69, 9.17) is 9.84 Å². The van der Waals surface area contributed by atoms with Crippen molar-refractivity contribution in [2.75, 3.05) is 0 Å². The van der Waals surface area contributed by atoms with Gasteiger partial charge in [0.25, 0.3) is 0 Å². The molecule has 1 heterocycles. The number of rotatable bonds is 3. The normalized spacial score (nSPS) is 24.0. The Labute approximate surface area is 161 Å². The van der Waals surface area contributed by atoms with Crippen molar-refractivity contribution in [3.05, 3.63) is 35.6 Å². The standard InChI is InChI=1S/C16H21FO2.C6H10O2/c1-12-10-14(4-2-3-5-16(18)19-12)11-13-6-8-15(17)9-7-13;7-6(8)5-3-1-2-4-5/h6-9,12,14H,2-5,10-11H2,1H3;5H,1-4H2,(H,7,8). The fourth-order valence-electron chi connectivity index (χ4n) is 3.93. The average Bonchev–Trinajstić information content (AvgIpc) is 3.17. The van der Waals surface area contributed by atoms with Crippen molar-refractivity contribution in [3.63, 3.8) is 0 Å². The van der Waals surface area contributed by atoms with E-state index >= 15 is 0 Å². The van der Waals surface area contributed by atoms with E-state index < -0.39 is 5.97 Å². The molecule has 27 heavy (non-hydrogen) atoms. The number of carbonyl (C=O) groups excluding carboxylic acids is 1. The van der Waals surface area contributed by atoms with E-state index in [1.54, 1.807) is 0 Å². The van der Waals surface area contributed by atoms with Crippen molar-refractivity contribution in [2.24, 2.45) is 11.8 Å². The average molecular weight is 378 g/mol. The number of ether oxygens (including phenoxy) is 1. The van der Waals surface area contributed by atoms with Crippen LogP contribution in [-0.4, -0.2) is 23.1 Å². The van der Waals surface area contributed by atoms with Crippen LogP contribution in [0.1, 0.15) is 70.3 Å². The summed E-state index contributed by atoms with van der Waals surface area (Å²) < 4.78 is 18.2.